The summed E-state index contributed by atoms with van der Waals surface area (Å²) in [5, 5.41) is 0. The third-order valence-corrected chi connectivity index (χ3v) is 4.58. The molecule has 0 aliphatic heterocycles. The molecule has 0 radical (unpaired) electrons. The number of nitrogens with zero attached hydrogens (tertiary/aromatic N) is 2. The minimum absolute atomic E-state index is 0.253. The van der Waals surface area contributed by atoms with E-state index in [-0.39, 0.29) is 5.78 Å². The number of carbonyl (C=O) groups is 1. The molecular formula is C16H26N2O. The Bertz CT molecular complexity index is 471. The van der Waals surface area contributed by atoms with Gasteiger partial charge in [0.15, 0.2) is 5.78 Å². The maximum absolute atomic E-state index is 12.4. The van der Waals surface area contributed by atoms with Crippen molar-refractivity contribution in [2.24, 2.45) is 5.92 Å². The summed E-state index contributed by atoms with van der Waals surface area (Å²) in [6.45, 7) is 9.94. The lowest BCUT2D eigenvalue weighted by molar-refractivity contribution is 0.0916. The molecule has 106 valence electrons. The molecule has 1 saturated carbocycles. The van der Waals surface area contributed by atoms with Crippen LogP contribution in [-0.4, -0.2) is 34.9 Å². The lowest BCUT2D eigenvalue weighted by Crippen LogP contribution is -2.35. The highest BCUT2D eigenvalue weighted by molar-refractivity contribution is 5.99. The van der Waals surface area contributed by atoms with Crippen LogP contribution in [0.5, 0.6) is 0 Å². The fraction of sp³-hybridized carbons (Fsp3) is 0.688. The molecule has 0 spiro atoms. The summed E-state index contributed by atoms with van der Waals surface area (Å²) in [6.07, 6.45) is 2.65. The zero-order valence-corrected chi connectivity index (χ0v) is 12.9. The molecule has 1 fully saturated rings. The summed E-state index contributed by atoms with van der Waals surface area (Å²) in [5.74, 6) is 1.06. The van der Waals surface area contributed by atoms with Crippen molar-refractivity contribution in [3.8, 4) is 0 Å². The Morgan fingerprint density at radius 1 is 1.47 bits per heavy atom. The van der Waals surface area contributed by atoms with Gasteiger partial charge >= 0.3 is 0 Å². The molecule has 0 amide bonds. The molecule has 1 aliphatic rings. The first-order valence-electron chi connectivity index (χ1n) is 7.35. The minimum atomic E-state index is 0.253. The fourth-order valence-electron chi connectivity index (χ4n) is 2.96. The second kappa shape index (κ2) is 5.49. The Labute approximate surface area is 116 Å². The molecule has 2 rings (SSSR count). The van der Waals surface area contributed by atoms with Crippen LogP contribution >= 0.6 is 0 Å². The number of carbonyl (C=O) groups excluding carboxylic acids is 1. The Hall–Kier alpha value is -1.09. The van der Waals surface area contributed by atoms with Crippen molar-refractivity contribution in [2.75, 3.05) is 13.6 Å². The third kappa shape index (κ3) is 2.92. The van der Waals surface area contributed by atoms with Crippen LogP contribution in [0.15, 0.2) is 6.07 Å². The van der Waals surface area contributed by atoms with Gasteiger partial charge in [-0.1, -0.05) is 0 Å². The van der Waals surface area contributed by atoms with E-state index >= 15 is 0 Å². The van der Waals surface area contributed by atoms with Gasteiger partial charge in [-0.3, -0.25) is 9.69 Å². The summed E-state index contributed by atoms with van der Waals surface area (Å²) in [7, 11) is 2.07. The summed E-state index contributed by atoms with van der Waals surface area (Å²) in [6, 6.07) is 2.56. The molecular weight excluding hydrogens is 236 g/mol. The molecule has 1 aromatic heterocycles. The van der Waals surface area contributed by atoms with E-state index in [0.29, 0.717) is 12.6 Å². The SMILES string of the molecule is CCn1c(C)cc(C(=O)CN(C)C(C)C2CC2)c1C. The van der Waals surface area contributed by atoms with Gasteiger partial charge in [0.25, 0.3) is 0 Å². The van der Waals surface area contributed by atoms with Gasteiger partial charge < -0.3 is 4.57 Å². The fourth-order valence-corrected chi connectivity index (χ4v) is 2.96. The molecule has 0 bridgehead atoms. The first kappa shape index (κ1) is 14.3. The van der Waals surface area contributed by atoms with Crippen molar-refractivity contribution in [3.63, 3.8) is 0 Å². The van der Waals surface area contributed by atoms with Crippen LogP contribution in [0, 0.1) is 19.8 Å². The number of Topliss-reactive ketones (excluding diaryl/α,β-unsaturated/α-hetero) is 1. The van der Waals surface area contributed by atoms with E-state index in [9.17, 15) is 4.79 Å². The number of aromatic nitrogens is 1. The zero-order chi connectivity index (χ0) is 14.2. The second-order valence-electron chi connectivity index (χ2n) is 5.95. The van der Waals surface area contributed by atoms with Crippen molar-refractivity contribution >= 4 is 5.78 Å². The summed E-state index contributed by atoms with van der Waals surface area (Å²) in [4.78, 5) is 14.7. The van der Waals surface area contributed by atoms with Crippen molar-refractivity contribution in [1.82, 2.24) is 9.47 Å². The molecule has 0 N–H and O–H groups in total. The number of hydrogen-bond acceptors (Lipinski definition) is 2. The van der Waals surface area contributed by atoms with Gasteiger partial charge in [-0.05, 0) is 59.6 Å². The Balaban J connectivity index is 2.07. The average molecular weight is 262 g/mol. The van der Waals surface area contributed by atoms with Crippen molar-refractivity contribution in [3.05, 3.63) is 23.0 Å². The van der Waals surface area contributed by atoms with Crippen molar-refractivity contribution in [1.29, 1.82) is 0 Å². The molecule has 1 aromatic rings. The van der Waals surface area contributed by atoms with Crippen LogP contribution in [0.1, 0.15) is 48.4 Å². The highest BCUT2D eigenvalue weighted by Crippen LogP contribution is 2.34. The number of rotatable bonds is 6. The van der Waals surface area contributed by atoms with E-state index in [1.54, 1.807) is 0 Å². The Kier molecular flexibility index (Phi) is 4.14. The quantitative estimate of drug-likeness (QED) is 0.736. The summed E-state index contributed by atoms with van der Waals surface area (Å²) in [5.41, 5.74) is 3.19. The molecule has 3 heteroatoms. The number of hydrogen-bond donors (Lipinski definition) is 0. The van der Waals surface area contributed by atoms with E-state index in [4.69, 9.17) is 0 Å². The zero-order valence-electron chi connectivity index (χ0n) is 12.9. The standard InChI is InChI=1S/C16H26N2O/c1-6-18-11(2)9-15(13(18)4)16(19)10-17(5)12(3)14-7-8-14/h9,12,14H,6-8,10H2,1-5H3. The van der Waals surface area contributed by atoms with Gasteiger partial charge in [0.05, 0.1) is 6.54 Å². The summed E-state index contributed by atoms with van der Waals surface area (Å²) >= 11 is 0. The van der Waals surface area contributed by atoms with Gasteiger partial charge in [-0.15, -0.1) is 0 Å². The highest BCUT2D eigenvalue weighted by Gasteiger charge is 2.31. The molecule has 1 unspecified atom stereocenters. The highest BCUT2D eigenvalue weighted by atomic mass is 16.1. The predicted octanol–water partition coefficient (Wildman–Crippen LogP) is 3.04. The lowest BCUT2D eigenvalue weighted by atomic mass is 10.1. The maximum atomic E-state index is 12.4. The number of aryl methyl sites for hydroxylation is 1. The third-order valence-electron chi connectivity index (χ3n) is 4.58. The van der Waals surface area contributed by atoms with E-state index in [0.717, 1.165) is 23.7 Å². The Morgan fingerprint density at radius 2 is 2.11 bits per heavy atom. The normalized spacial score (nSPS) is 16.9. The average Bonchev–Trinajstić information content (AvgIpc) is 3.15. The smallest absolute Gasteiger partial charge is 0.178 e. The van der Waals surface area contributed by atoms with Crippen molar-refractivity contribution in [2.45, 2.75) is 53.1 Å². The van der Waals surface area contributed by atoms with E-state index in [2.05, 4.69) is 37.3 Å². The maximum Gasteiger partial charge on any atom is 0.178 e. The number of ketones is 1. The van der Waals surface area contributed by atoms with Crippen LogP contribution < -0.4 is 0 Å². The van der Waals surface area contributed by atoms with Crippen LogP contribution in [0.4, 0.5) is 0 Å². The van der Waals surface area contributed by atoms with Gasteiger partial charge in [0, 0.05) is 29.5 Å². The summed E-state index contributed by atoms with van der Waals surface area (Å²) < 4.78 is 2.21. The molecule has 3 nitrogen and oxygen atoms in total. The predicted molar refractivity (Wildman–Crippen MR) is 78.7 cm³/mol. The van der Waals surface area contributed by atoms with Gasteiger partial charge in [0.2, 0.25) is 0 Å². The number of likely N-dealkylation sites (N-methyl/N-ethyl adjacent to an activating group) is 1. The molecule has 0 saturated heterocycles. The molecule has 1 atom stereocenters. The van der Waals surface area contributed by atoms with Crippen LogP contribution in [0.3, 0.4) is 0 Å². The molecule has 0 aromatic carbocycles. The van der Waals surface area contributed by atoms with Crippen LogP contribution in [0.2, 0.25) is 0 Å². The van der Waals surface area contributed by atoms with E-state index in [1.165, 1.54) is 18.5 Å². The Morgan fingerprint density at radius 3 is 2.58 bits per heavy atom. The minimum Gasteiger partial charge on any atom is -0.349 e. The molecule has 19 heavy (non-hydrogen) atoms. The monoisotopic (exact) mass is 262 g/mol. The molecule has 1 aliphatic carbocycles. The topological polar surface area (TPSA) is 25.2 Å². The van der Waals surface area contributed by atoms with E-state index < -0.39 is 0 Å². The molecule has 1 heterocycles. The van der Waals surface area contributed by atoms with Crippen molar-refractivity contribution < 1.29 is 4.79 Å². The first-order valence-corrected chi connectivity index (χ1v) is 7.35. The van der Waals surface area contributed by atoms with Gasteiger partial charge in [0.1, 0.15) is 0 Å². The van der Waals surface area contributed by atoms with Gasteiger partial charge in [-0.2, -0.15) is 0 Å². The first-order chi connectivity index (χ1) is 8.95. The van der Waals surface area contributed by atoms with Crippen LogP contribution in [0.25, 0.3) is 0 Å². The lowest BCUT2D eigenvalue weighted by Gasteiger charge is -2.23. The van der Waals surface area contributed by atoms with E-state index in [1.807, 2.05) is 13.0 Å². The van der Waals surface area contributed by atoms with Crippen LogP contribution in [-0.2, 0) is 6.54 Å². The second-order valence-corrected chi connectivity index (χ2v) is 5.95. The van der Waals surface area contributed by atoms with Gasteiger partial charge in [-0.25, -0.2) is 0 Å². The largest absolute Gasteiger partial charge is 0.349 e.